The van der Waals surface area contributed by atoms with Gasteiger partial charge >= 0.3 is 6.03 Å². The lowest BCUT2D eigenvalue weighted by Gasteiger charge is -2.36. The molecule has 1 N–H and O–H groups in total. The molecule has 0 aliphatic carbocycles. The van der Waals surface area contributed by atoms with Gasteiger partial charge in [-0.15, -0.1) is 0 Å². The van der Waals surface area contributed by atoms with E-state index in [9.17, 15) is 9.59 Å². The summed E-state index contributed by atoms with van der Waals surface area (Å²) in [6.45, 7) is 17.5. The van der Waals surface area contributed by atoms with Crippen molar-refractivity contribution in [2.24, 2.45) is 0 Å². The number of urea groups is 1. The van der Waals surface area contributed by atoms with Gasteiger partial charge in [0.1, 0.15) is 5.82 Å². The van der Waals surface area contributed by atoms with Crippen LogP contribution in [0, 0.1) is 0 Å². The molecule has 8 nitrogen and oxygen atoms in total. The third kappa shape index (κ3) is 5.99. The molecule has 0 bridgehead atoms. The summed E-state index contributed by atoms with van der Waals surface area (Å²) in [5.74, 6) is 0.950. The van der Waals surface area contributed by atoms with Crippen molar-refractivity contribution in [2.75, 3.05) is 51.1 Å². The van der Waals surface area contributed by atoms with E-state index in [0.29, 0.717) is 19.6 Å². The number of carbonyl (C=O) groups is 2. The summed E-state index contributed by atoms with van der Waals surface area (Å²) in [5.41, 5.74) is 0.626. The average molecular weight is 433 g/mol. The highest BCUT2D eigenvalue weighted by molar-refractivity contribution is 5.88. The Bertz CT molecular complexity index is 775. The minimum Gasteiger partial charge on any atom is -0.342 e. The second-order valence-corrected chi connectivity index (χ2v) is 10.9. The van der Waals surface area contributed by atoms with Gasteiger partial charge in [0.15, 0.2) is 0 Å². The van der Waals surface area contributed by atoms with Crippen LogP contribution in [0.3, 0.4) is 0 Å². The van der Waals surface area contributed by atoms with Crippen LogP contribution < -0.4 is 5.32 Å². The Morgan fingerprint density at radius 3 is 2.06 bits per heavy atom. The first-order valence-electron chi connectivity index (χ1n) is 11.6. The number of nitrogens with one attached hydrogen (secondary N) is 1. The van der Waals surface area contributed by atoms with Gasteiger partial charge in [-0.3, -0.25) is 15.0 Å². The fourth-order valence-corrected chi connectivity index (χ4v) is 4.08. The minimum atomic E-state index is -0.236. The summed E-state index contributed by atoms with van der Waals surface area (Å²) in [7, 11) is 0. The number of hydrogen-bond donors (Lipinski definition) is 1. The van der Waals surface area contributed by atoms with Gasteiger partial charge in [-0.25, -0.2) is 9.48 Å². The average Bonchev–Trinajstić information content (AvgIpc) is 3.14. The SMILES string of the molecule is CC(C)(C)c1cc(NC(=O)N2CCN(CC(=O)N3CCCCC3)CC2)n(C(C)(C)C)n1. The third-order valence-corrected chi connectivity index (χ3v) is 6.08. The molecular weight excluding hydrogens is 392 g/mol. The molecule has 0 spiro atoms. The molecule has 3 rings (SSSR count). The van der Waals surface area contributed by atoms with Crippen LogP contribution >= 0.6 is 0 Å². The van der Waals surface area contributed by atoms with Crippen molar-refractivity contribution in [3.05, 3.63) is 11.8 Å². The summed E-state index contributed by atoms with van der Waals surface area (Å²) in [5, 5.41) is 7.85. The molecule has 0 aromatic carbocycles. The molecule has 8 heteroatoms. The third-order valence-electron chi connectivity index (χ3n) is 6.08. The van der Waals surface area contributed by atoms with E-state index >= 15 is 0 Å². The zero-order valence-corrected chi connectivity index (χ0v) is 20.2. The summed E-state index contributed by atoms with van der Waals surface area (Å²) in [4.78, 5) is 31.5. The summed E-state index contributed by atoms with van der Waals surface area (Å²) < 4.78 is 1.90. The summed E-state index contributed by atoms with van der Waals surface area (Å²) in [6, 6.07) is 1.88. The van der Waals surface area contributed by atoms with E-state index in [-0.39, 0.29) is 22.9 Å². The van der Waals surface area contributed by atoms with E-state index in [4.69, 9.17) is 5.10 Å². The molecular formula is C23H40N6O2. The lowest BCUT2D eigenvalue weighted by Crippen LogP contribution is -2.53. The highest BCUT2D eigenvalue weighted by Gasteiger charge is 2.28. The molecule has 31 heavy (non-hydrogen) atoms. The molecule has 2 aliphatic heterocycles. The molecule has 3 amide bonds. The van der Waals surface area contributed by atoms with Crippen LogP contribution in [0.25, 0.3) is 0 Å². The van der Waals surface area contributed by atoms with Crippen molar-refractivity contribution < 1.29 is 9.59 Å². The van der Waals surface area contributed by atoms with E-state index in [1.54, 1.807) is 0 Å². The number of anilines is 1. The highest BCUT2D eigenvalue weighted by atomic mass is 16.2. The van der Waals surface area contributed by atoms with Gasteiger partial charge < -0.3 is 9.80 Å². The Morgan fingerprint density at radius 1 is 0.903 bits per heavy atom. The Hall–Kier alpha value is -2.09. The largest absolute Gasteiger partial charge is 0.342 e. The molecule has 0 saturated carbocycles. The second-order valence-electron chi connectivity index (χ2n) is 10.9. The molecule has 2 aliphatic rings. The van der Waals surface area contributed by atoms with Gasteiger partial charge in [-0.05, 0) is 40.0 Å². The molecule has 3 heterocycles. The van der Waals surface area contributed by atoms with Gasteiger partial charge in [0.25, 0.3) is 0 Å². The van der Waals surface area contributed by atoms with E-state index < -0.39 is 0 Å². The lowest BCUT2D eigenvalue weighted by atomic mass is 9.92. The Morgan fingerprint density at radius 2 is 1.52 bits per heavy atom. The molecule has 0 atom stereocenters. The summed E-state index contributed by atoms with van der Waals surface area (Å²) >= 11 is 0. The first kappa shape index (κ1) is 23.6. The fourth-order valence-electron chi connectivity index (χ4n) is 4.08. The van der Waals surface area contributed by atoms with Crippen molar-refractivity contribution in [2.45, 2.75) is 71.8 Å². The van der Waals surface area contributed by atoms with Gasteiger partial charge in [0, 0.05) is 50.7 Å². The number of aromatic nitrogens is 2. The number of nitrogens with zero attached hydrogens (tertiary/aromatic N) is 5. The van der Waals surface area contributed by atoms with Crippen LogP contribution in [0.5, 0.6) is 0 Å². The van der Waals surface area contributed by atoms with Crippen LogP contribution in [0.15, 0.2) is 6.07 Å². The standard InChI is InChI=1S/C23H40N6O2/c1-22(2,3)18-16-19(29(25-18)23(4,5)6)24-21(31)28-14-12-26(13-15-28)17-20(30)27-10-8-7-9-11-27/h16H,7-15,17H2,1-6H3,(H,24,31). The first-order chi connectivity index (χ1) is 14.4. The predicted molar refractivity (Wildman–Crippen MR) is 123 cm³/mol. The van der Waals surface area contributed by atoms with Gasteiger partial charge in [0.05, 0.1) is 17.8 Å². The van der Waals surface area contributed by atoms with E-state index in [1.165, 1.54) is 6.42 Å². The number of piperidine rings is 1. The molecule has 0 unspecified atom stereocenters. The number of hydrogen-bond acceptors (Lipinski definition) is 4. The maximum absolute atomic E-state index is 13.0. The van der Waals surface area contributed by atoms with E-state index in [1.807, 2.05) is 20.5 Å². The van der Waals surface area contributed by atoms with Crippen molar-refractivity contribution in [3.8, 4) is 0 Å². The highest BCUT2D eigenvalue weighted by Crippen LogP contribution is 2.28. The summed E-state index contributed by atoms with van der Waals surface area (Å²) in [6.07, 6.45) is 3.45. The van der Waals surface area contributed by atoms with Crippen LogP contribution in [0.4, 0.5) is 10.6 Å². The van der Waals surface area contributed by atoms with Crippen molar-refractivity contribution in [1.29, 1.82) is 0 Å². The second kappa shape index (κ2) is 9.18. The predicted octanol–water partition coefficient (Wildman–Crippen LogP) is 3.10. The van der Waals surface area contributed by atoms with Gasteiger partial charge in [0.2, 0.25) is 5.91 Å². The topological polar surface area (TPSA) is 73.7 Å². The normalized spacial score (nSPS) is 18.9. The van der Waals surface area contributed by atoms with Crippen molar-refractivity contribution >= 4 is 17.8 Å². The zero-order chi connectivity index (χ0) is 22.8. The lowest BCUT2D eigenvalue weighted by molar-refractivity contribution is -0.133. The van der Waals surface area contributed by atoms with Crippen molar-refractivity contribution in [1.82, 2.24) is 24.5 Å². The minimum absolute atomic E-state index is 0.0947. The maximum atomic E-state index is 13.0. The zero-order valence-electron chi connectivity index (χ0n) is 20.2. The molecule has 1 aromatic heterocycles. The number of amides is 3. The number of piperazine rings is 1. The Kier molecular flexibility index (Phi) is 6.98. The van der Waals surface area contributed by atoms with Crippen LogP contribution in [0.2, 0.25) is 0 Å². The van der Waals surface area contributed by atoms with E-state index in [2.05, 4.69) is 51.8 Å². The molecule has 2 saturated heterocycles. The van der Waals surface area contributed by atoms with E-state index in [0.717, 1.165) is 50.5 Å². The Balaban J connectivity index is 1.56. The monoisotopic (exact) mass is 432 g/mol. The molecule has 0 radical (unpaired) electrons. The van der Waals surface area contributed by atoms with Crippen LogP contribution in [-0.2, 0) is 15.7 Å². The quantitative estimate of drug-likeness (QED) is 0.797. The number of rotatable bonds is 3. The smallest absolute Gasteiger partial charge is 0.323 e. The Labute approximate surface area is 186 Å². The molecule has 1 aromatic rings. The molecule has 2 fully saturated rings. The number of likely N-dealkylation sites (tertiary alicyclic amines) is 1. The first-order valence-corrected chi connectivity index (χ1v) is 11.6. The van der Waals surface area contributed by atoms with Crippen LogP contribution in [-0.4, -0.2) is 82.2 Å². The van der Waals surface area contributed by atoms with Gasteiger partial charge in [-0.2, -0.15) is 5.10 Å². The van der Waals surface area contributed by atoms with Crippen molar-refractivity contribution in [3.63, 3.8) is 0 Å². The molecule has 174 valence electrons. The fraction of sp³-hybridized carbons (Fsp3) is 0.783. The maximum Gasteiger partial charge on any atom is 0.323 e. The van der Waals surface area contributed by atoms with Crippen LogP contribution in [0.1, 0.15) is 66.5 Å². The number of carbonyl (C=O) groups excluding carboxylic acids is 2. The van der Waals surface area contributed by atoms with Gasteiger partial charge in [-0.1, -0.05) is 20.8 Å².